The Morgan fingerprint density at radius 1 is 1.28 bits per heavy atom. The minimum Gasteiger partial charge on any atom is -0.342 e. The third-order valence-electron chi connectivity index (χ3n) is 3.44. The lowest BCUT2D eigenvalue weighted by Crippen LogP contribution is -2.48. The summed E-state index contributed by atoms with van der Waals surface area (Å²) in [5.74, 6) is 0.0311. The Hall–Kier alpha value is -1.91. The third kappa shape index (κ3) is 2.34. The van der Waals surface area contributed by atoms with Gasteiger partial charge in [-0.25, -0.2) is 0 Å². The summed E-state index contributed by atoms with van der Waals surface area (Å²) in [6.07, 6.45) is 2.50. The molecule has 1 aliphatic heterocycles. The zero-order valence-electron chi connectivity index (χ0n) is 10.7. The first-order valence-corrected chi connectivity index (χ1v) is 6.04. The Labute approximate surface area is 106 Å². The molecule has 0 bridgehead atoms. The number of carbonyl (C=O) groups excluding carboxylic acids is 2. The van der Waals surface area contributed by atoms with Crippen molar-refractivity contribution in [2.24, 2.45) is 0 Å². The summed E-state index contributed by atoms with van der Waals surface area (Å²) >= 11 is 0. The molecule has 0 unspecified atom stereocenters. The molecule has 2 rings (SSSR count). The van der Waals surface area contributed by atoms with Gasteiger partial charge in [0.15, 0.2) is 0 Å². The average Bonchev–Trinajstić information content (AvgIpc) is 2.41. The highest BCUT2D eigenvalue weighted by Gasteiger charge is 2.22. The van der Waals surface area contributed by atoms with Gasteiger partial charge in [0, 0.05) is 43.6 Å². The van der Waals surface area contributed by atoms with Crippen LogP contribution in [-0.4, -0.2) is 53.3 Å². The van der Waals surface area contributed by atoms with Gasteiger partial charge in [-0.15, -0.1) is 0 Å². The van der Waals surface area contributed by atoms with E-state index >= 15 is 0 Å². The molecule has 0 aliphatic carbocycles. The maximum absolute atomic E-state index is 12.4. The van der Waals surface area contributed by atoms with Crippen molar-refractivity contribution in [1.29, 1.82) is 0 Å². The maximum Gasteiger partial charge on any atom is 0.254 e. The van der Waals surface area contributed by atoms with Gasteiger partial charge in [-0.05, 0) is 25.5 Å². The molecule has 0 spiro atoms. The van der Waals surface area contributed by atoms with Crippen molar-refractivity contribution in [2.75, 3.05) is 26.2 Å². The summed E-state index contributed by atoms with van der Waals surface area (Å²) in [4.78, 5) is 30.6. The van der Waals surface area contributed by atoms with E-state index in [4.69, 9.17) is 0 Å². The highest BCUT2D eigenvalue weighted by Crippen LogP contribution is 2.14. The van der Waals surface area contributed by atoms with Gasteiger partial charge in [0.05, 0.1) is 0 Å². The lowest BCUT2D eigenvalue weighted by Gasteiger charge is -2.32. The van der Waals surface area contributed by atoms with Gasteiger partial charge in [-0.2, -0.15) is 0 Å². The predicted octanol–water partition coefficient (Wildman–Crippen LogP) is 0.613. The molecule has 2 heterocycles. The highest BCUT2D eigenvalue weighted by atomic mass is 16.2. The van der Waals surface area contributed by atoms with E-state index in [1.165, 1.54) is 0 Å². The van der Waals surface area contributed by atoms with Crippen LogP contribution in [-0.2, 0) is 4.79 Å². The van der Waals surface area contributed by atoms with Gasteiger partial charge in [-0.1, -0.05) is 0 Å². The molecule has 1 aliphatic rings. The van der Waals surface area contributed by atoms with E-state index in [0.717, 1.165) is 17.7 Å². The van der Waals surface area contributed by atoms with E-state index in [1.807, 2.05) is 13.8 Å². The topological polar surface area (TPSA) is 53.5 Å². The summed E-state index contributed by atoms with van der Waals surface area (Å²) < 4.78 is 0. The third-order valence-corrected chi connectivity index (χ3v) is 3.44. The number of rotatable bonds is 2. The second-order valence-corrected chi connectivity index (χ2v) is 4.50. The van der Waals surface area contributed by atoms with Gasteiger partial charge >= 0.3 is 0 Å². The largest absolute Gasteiger partial charge is 0.342 e. The molecule has 5 nitrogen and oxygen atoms in total. The summed E-state index contributed by atoms with van der Waals surface area (Å²) in [5.41, 5.74) is 2.52. The van der Waals surface area contributed by atoms with Crippen molar-refractivity contribution in [3.05, 3.63) is 29.1 Å². The number of hydrogen-bond acceptors (Lipinski definition) is 3. The number of piperazine rings is 1. The van der Waals surface area contributed by atoms with Crippen LogP contribution in [0.2, 0.25) is 0 Å². The molecule has 0 atom stereocenters. The Kier molecular flexibility index (Phi) is 3.60. The van der Waals surface area contributed by atoms with Crippen molar-refractivity contribution in [3.8, 4) is 0 Å². The fourth-order valence-electron chi connectivity index (χ4n) is 2.07. The fraction of sp³-hybridized carbons (Fsp3) is 0.462. The minimum absolute atomic E-state index is 0.0311. The number of hydrogen-bond donors (Lipinski definition) is 0. The number of amides is 2. The first-order chi connectivity index (χ1) is 8.63. The zero-order valence-corrected chi connectivity index (χ0v) is 10.7. The maximum atomic E-state index is 12.4. The van der Waals surface area contributed by atoms with Crippen LogP contribution in [0.5, 0.6) is 0 Å². The smallest absolute Gasteiger partial charge is 0.254 e. The SMILES string of the molecule is Cc1nccc(C(=O)N2CCN(C=O)CC2)c1C. The summed E-state index contributed by atoms with van der Waals surface area (Å²) in [6.45, 7) is 6.22. The Bertz CT molecular complexity index is 465. The second kappa shape index (κ2) is 5.16. The number of pyridine rings is 1. The van der Waals surface area contributed by atoms with Crippen LogP contribution in [0.4, 0.5) is 0 Å². The fourth-order valence-corrected chi connectivity index (χ4v) is 2.07. The van der Waals surface area contributed by atoms with Crippen molar-refractivity contribution < 1.29 is 9.59 Å². The molecule has 0 radical (unpaired) electrons. The lowest BCUT2D eigenvalue weighted by molar-refractivity contribution is -0.119. The molecular weight excluding hydrogens is 230 g/mol. The van der Waals surface area contributed by atoms with E-state index in [-0.39, 0.29) is 5.91 Å². The molecule has 1 fully saturated rings. The van der Waals surface area contributed by atoms with Gasteiger partial charge < -0.3 is 9.80 Å². The van der Waals surface area contributed by atoms with Crippen LogP contribution in [0.1, 0.15) is 21.6 Å². The van der Waals surface area contributed by atoms with Crippen molar-refractivity contribution in [3.63, 3.8) is 0 Å². The predicted molar refractivity (Wildman–Crippen MR) is 67.3 cm³/mol. The van der Waals surface area contributed by atoms with Crippen molar-refractivity contribution in [1.82, 2.24) is 14.8 Å². The van der Waals surface area contributed by atoms with E-state index in [0.29, 0.717) is 31.7 Å². The number of nitrogens with zero attached hydrogens (tertiary/aromatic N) is 3. The van der Waals surface area contributed by atoms with Gasteiger partial charge in [0.2, 0.25) is 6.41 Å². The molecule has 96 valence electrons. The van der Waals surface area contributed by atoms with E-state index in [2.05, 4.69) is 4.98 Å². The molecule has 1 aromatic rings. The molecule has 5 heteroatoms. The number of aryl methyl sites for hydroxylation is 1. The molecule has 0 N–H and O–H groups in total. The van der Waals surface area contributed by atoms with E-state index in [1.54, 1.807) is 22.1 Å². The van der Waals surface area contributed by atoms with Crippen LogP contribution in [0, 0.1) is 13.8 Å². The number of carbonyl (C=O) groups is 2. The van der Waals surface area contributed by atoms with Gasteiger partial charge in [-0.3, -0.25) is 14.6 Å². The molecule has 1 saturated heterocycles. The Morgan fingerprint density at radius 3 is 2.56 bits per heavy atom. The quantitative estimate of drug-likeness (QED) is 0.720. The monoisotopic (exact) mass is 247 g/mol. The van der Waals surface area contributed by atoms with Crippen LogP contribution in [0.3, 0.4) is 0 Å². The number of aromatic nitrogens is 1. The second-order valence-electron chi connectivity index (χ2n) is 4.50. The normalized spacial score (nSPS) is 15.7. The average molecular weight is 247 g/mol. The van der Waals surface area contributed by atoms with Crippen molar-refractivity contribution in [2.45, 2.75) is 13.8 Å². The van der Waals surface area contributed by atoms with Crippen LogP contribution in [0.25, 0.3) is 0 Å². The summed E-state index contributed by atoms with van der Waals surface area (Å²) in [5, 5.41) is 0. The van der Waals surface area contributed by atoms with Gasteiger partial charge in [0.1, 0.15) is 0 Å². The molecule has 18 heavy (non-hydrogen) atoms. The van der Waals surface area contributed by atoms with Crippen LogP contribution in [0.15, 0.2) is 12.3 Å². The zero-order chi connectivity index (χ0) is 13.1. The van der Waals surface area contributed by atoms with E-state index < -0.39 is 0 Å². The molecule has 0 aromatic carbocycles. The highest BCUT2D eigenvalue weighted by molar-refractivity contribution is 5.95. The molecular formula is C13H17N3O2. The standard InChI is InChI=1S/C13H17N3O2/c1-10-11(2)14-4-3-12(10)13(18)16-7-5-15(9-17)6-8-16/h3-4,9H,5-8H2,1-2H3. The van der Waals surface area contributed by atoms with Crippen LogP contribution >= 0.6 is 0 Å². The Morgan fingerprint density at radius 2 is 1.94 bits per heavy atom. The van der Waals surface area contributed by atoms with Crippen molar-refractivity contribution >= 4 is 12.3 Å². The minimum atomic E-state index is 0.0311. The molecule has 1 aromatic heterocycles. The lowest BCUT2D eigenvalue weighted by atomic mass is 10.1. The van der Waals surface area contributed by atoms with Crippen LogP contribution < -0.4 is 0 Å². The summed E-state index contributed by atoms with van der Waals surface area (Å²) in [6, 6.07) is 1.76. The van der Waals surface area contributed by atoms with E-state index in [9.17, 15) is 9.59 Å². The Balaban J connectivity index is 2.12. The first kappa shape index (κ1) is 12.5. The first-order valence-electron chi connectivity index (χ1n) is 6.04. The summed E-state index contributed by atoms with van der Waals surface area (Å²) in [7, 11) is 0. The molecule has 2 amide bonds. The van der Waals surface area contributed by atoms with Gasteiger partial charge in [0.25, 0.3) is 5.91 Å². The molecule has 0 saturated carbocycles.